The lowest BCUT2D eigenvalue weighted by molar-refractivity contribution is -0.141. The molecule has 0 heterocycles. The number of hydrogen-bond acceptors (Lipinski definition) is 5. The van der Waals surface area contributed by atoms with Crippen molar-refractivity contribution in [2.24, 2.45) is 0 Å². The number of methoxy groups -OCH3 is 3. The third-order valence-electron chi connectivity index (χ3n) is 2.80. The van der Waals surface area contributed by atoms with Crippen LogP contribution in [0.15, 0.2) is 18.2 Å². The summed E-state index contributed by atoms with van der Waals surface area (Å²) >= 11 is 0. The summed E-state index contributed by atoms with van der Waals surface area (Å²) in [6.45, 7) is 2.59. The summed E-state index contributed by atoms with van der Waals surface area (Å²) in [7, 11) is 4.60. The standard InChI is InChI=1S/C14H21NO4/c1-10(7-14(16)19-4)15-9-11-5-6-12(17-2)13(8-11)18-3/h5-6,8,10,15H,7,9H2,1-4H3. The van der Waals surface area contributed by atoms with E-state index in [4.69, 9.17) is 9.47 Å². The van der Waals surface area contributed by atoms with Crippen molar-refractivity contribution >= 4 is 5.97 Å². The van der Waals surface area contributed by atoms with Gasteiger partial charge >= 0.3 is 5.97 Å². The Bertz CT molecular complexity index is 420. The monoisotopic (exact) mass is 267 g/mol. The molecule has 0 bridgehead atoms. The zero-order valence-electron chi connectivity index (χ0n) is 11.9. The lowest BCUT2D eigenvalue weighted by atomic mass is 10.1. The molecule has 0 spiro atoms. The highest BCUT2D eigenvalue weighted by Gasteiger charge is 2.09. The molecule has 0 aliphatic rings. The Hall–Kier alpha value is -1.75. The molecule has 0 saturated heterocycles. The predicted octanol–water partition coefficient (Wildman–Crippen LogP) is 1.75. The third-order valence-corrected chi connectivity index (χ3v) is 2.80. The molecule has 0 fully saturated rings. The van der Waals surface area contributed by atoms with Crippen LogP contribution in [0.5, 0.6) is 11.5 Å². The Morgan fingerprint density at radius 3 is 2.47 bits per heavy atom. The van der Waals surface area contributed by atoms with Crippen LogP contribution in [0.1, 0.15) is 18.9 Å². The normalized spacial score (nSPS) is 11.8. The van der Waals surface area contributed by atoms with Gasteiger partial charge in [-0.1, -0.05) is 6.07 Å². The molecule has 1 N–H and O–H groups in total. The van der Waals surface area contributed by atoms with Crippen molar-refractivity contribution in [1.82, 2.24) is 5.32 Å². The van der Waals surface area contributed by atoms with Gasteiger partial charge in [-0.05, 0) is 24.6 Å². The Morgan fingerprint density at radius 1 is 1.21 bits per heavy atom. The van der Waals surface area contributed by atoms with Gasteiger partial charge in [-0.3, -0.25) is 4.79 Å². The quantitative estimate of drug-likeness (QED) is 0.763. The Balaban J connectivity index is 2.55. The van der Waals surface area contributed by atoms with Gasteiger partial charge in [0.25, 0.3) is 0 Å². The van der Waals surface area contributed by atoms with Gasteiger partial charge in [0, 0.05) is 12.6 Å². The lowest BCUT2D eigenvalue weighted by Crippen LogP contribution is -2.28. The van der Waals surface area contributed by atoms with Crippen molar-refractivity contribution in [1.29, 1.82) is 0 Å². The van der Waals surface area contributed by atoms with E-state index in [2.05, 4.69) is 10.1 Å². The van der Waals surface area contributed by atoms with Crippen LogP contribution in [0, 0.1) is 0 Å². The maximum absolute atomic E-state index is 11.1. The fourth-order valence-electron chi connectivity index (χ4n) is 1.69. The van der Waals surface area contributed by atoms with Crippen molar-refractivity contribution < 1.29 is 19.0 Å². The minimum atomic E-state index is -0.215. The van der Waals surface area contributed by atoms with Crippen LogP contribution in [0.3, 0.4) is 0 Å². The Kier molecular flexibility index (Phi) is 6.15. The Morgan fingerprint density at radius 2 is 1.89 bits per heavy atom. The Labute approximate surface area is 113 Å². The van der Waals surface area contributed by atoms with Gasteiger partial charge in [0.05, 0.1) is 27.8 Å². The molecule has 19 heavy (non-hydrogen) atoms. The van der Waals surface area contributed by atoms with E-state index in [0.717, 1.165) is 5.56 Å². The highest BCUT2D eigenvalue weighted by molar-refractivity contribution is 5.69. The molecule has 1 unspecified atom stereocenters. The van der Waals surface area contributed by atoms with E-state index < -0.39 is 0 Å². The number of carbonyl (C=O) groups excluding carboxylic acids is 1. The first-order valence-electron chi connectivity index (χ1n) is 6.11. The average molecular weight is 267 g/mol. The fraction of sp³-hybridized carbons (Fsp3) is 0.500. The fourth-order valence-corrected chi connectivity index (χ4v) is 1.69. The average Bonchev–Trinajstić information content (AvgIpc) is 2.44. The van der Waals surface area contributed by atoms with E-state index in [1.54, 1.807) is 14.2 Å². The summed E-state index contributed by atoms with van der Waals surface area (Å²) in [4.78, 5) is 11.1. The first-order valence-corrected chi connectivity index (χ1v) is 6.11. The molecule has 0 radical (unpaired) electrons. The molecule has 1 aromatic rings. The van der Waals surface area contributed by atoms with E-state index in [1.807, 2.05) is 25.1 Å². The highest BCUT2D eigenvalue weighted by Crippen LogP contribution is 2.27. The van der Waals surface area contributed by atoms with E-state index in [-0.39, 0.29) is 12.0 Å². The van der Waals surface area contributed by atoms with Gasteiger partial charge in [-0.25, -0.2) is 0 Å². The maximum atomic E-state index is 11.1. The molecule has 5 heteroatoms. The van der Waals surface area contributed by atoms with Crippen molar-refractivity contribution in [3.05, 3.63) is 23.8 Å². The summed E-state index contributed by atoms with van der Waals surface area (Å²) in [5.74, 6) is 1.18. The minimum absolute atomic E-state index is 0.0561. The molecular formula is C14H21NO4. The smallest absolute Gasteiger partial charge is 0.307 e. The van der Waals surface area contributed by atoms with Crippen molar-refractivity contribution in [2.45, 2.75) is 25.9 Å². The molecule has 5 nitrogen and oxygen atoms in total. The maximum Gasteiger partial charge on any atom is 0.307 e. The predicted molar refractivity (Wildman–Crippen MR) is 72.5 cm³/mol. The number of ether oxygens (including phenoxy) is 3. The number of carbonyl (C=O) groups is 1. The summed E-state index contributed by atoms with van der Waals surface area (Å²) < 4.78 is 15.0. The second kappa shape index (κ2) is 7.63. The van der Waals surface area contributed by atoms with E-state index in [1.165, 1.54) is 7.11 Å². The number of esters is 1. The van der Waals surface area contributed by atoms with Crippen LogP contribution in [0.2, 0.25) is 0 Å². The molecular weight excluding hydrogens is 246 g/mol. The van der Waals surface area contributed by atoms with E-state index in [9.17, 15) is 4.79 Å². The number of nitrogens with one attached hydrogen (secondary N) is 1. The van der Waals surface area contributed by atoms with Gasteiger partial charge in [-0.2, -0.15) is 0 Å². The summed E-state index contributed by atoms with van der Waals surface area (Å²) in [6, 6.07) is 5.79. The number of hydrogen-bond donors (Lipinski definition) is 1. The first-order chi connectivity index (χ1) is 9.10. The third kappa shape index (κ3) is 4.79. The van der Waals surface area contributed by atoms with Crippen molar-refractivity contribution in [2.75, 3.05) is 21.3 Å². The van der Waals surface area contributed by atoms with Gasteiger partial charge < -0.3 is 19.5 Å². The van der Waals surface area contributed by atoms with E-state index in [0.29, 0.717) is 24.5 Å². The zero-order valence-corrected chi connectivity index (χ0v) is 11.9. The zero-order chi connectivity index (χ0) is 14.3. The molecule has 0 aromatic heterocycles. The van der Waals surface area contributed by atoms with Gasteiger partial charge in [0.15, 0.2) is 11.5 Å². The van der Waals surface area contributed by atoms with Gasteiger partial charge in [0.1, 0.15) is 0 Å². The highest BCUT2D eigenvalue weighted by atomic mass is 16.5. The molecule has 1 atom stereocenters. The summed E-state index contributed by atoms with van der Waals surface area (Å²) in [5.41, 5.74) is 1.06. The van der Waals surface area contributed by atoms with Crippen LogP contribution in [0.25, 0.3) is 0 Å². The molecule has 1 aromatic carbocycles. The number of benzene rings is 1. The van der Waals surface area contributed by atoms with Crippen LogP contribution >= 0.6 is 0 Å². The summed E-state index contributed by atoms with van der Waals surface area (Å²) in [5, 5.41) is 3.26. The molecule has 0 saturated carbocycles. The lowest BCUT2D eigenvalue weighted by Gasteiger charge is -2.14. The van der Waals surface area contributed by atoms with Crippen LogP contribution in [-0.2, 0) is 16.1 Å². The SMILES string of the molecule is COC(=O)CC(C)NCc1ccc(OC)c(OC)c1. The van der Waals surface area contributed by atoms with Gasteiger partial charge in [-0.15, -0.1) is 0 Å². The minimum Gasteiger partial charge on any atom is -0.493 e. The van der Waals surface area contributed by atoms with Crippen LogP contribution in [0.4, 0.5) is 0 Å². The second-order valence-electron chi connectivity index (χ2n) is 4.25. The van der Waals surface area contributed by atoms with Crippen LogP contribution in [-0.4, -0.2) is 33.3 Å². The molecule has 106 valence electrons. The molecule has 1 rings (SSSR count). The van der Waals surface area contributed by atoms with Gasteiger partial charge in [0.2, 0.25) is 0 Å². The molecule has 0 amide bonds. The first kappa shape index (κ1) is 15.3. The van der Waals surface area contributed by atoms with Crippen molar-refractivity contribution in [3.63, 3.8) is 0 Å². The van der Waals surface area contributed by atoms with Crippen LogP contribution < -0.4 is 14.8 Å². The summed E-state index contributed by atoms with van der Waals surface area (Å²) in [6.07, 6.45) is 0.351. The van der Waals surface area contributed by atoms with Crippen molar-refractivity contribution in [3.8, 4) is 11.5 Å². The topological polar surface area (TPSA) is 56.8 Å². The molecule has 0 aliphatic carbocycles. The molecule has 0 aliphatic heterocycles. The number of rotatable bonds is 7. The van der Waals surface area contributed by atoms with E-state index >= 15 is 0 Å². The largest absolute Gasteiger partial charge is 0.493 e. The second-order valence-corrected chi connectivity index (χ2v) is 4.25.